The van der Waals surface area contributed by atoms with E-state index in [1.807, 2.05) is 6.92 Å². The minimum absolute atomic E-state index is 0.0663. The fourth-order valence-corrected chi connectivity index (χ4v) is 5.07. The number of carbonyl (C=O) groups is 3. The quantitative estimate of drug-likeness (QED) is 0.562. The molecule has 5 nitrogen and oxygen atoms in total. The fraction of sp³-hybridized carbons (Fsp3) is 0.708. The molecule has 0 amide bonds. The van der Waals surface area contributed by atoms with Gasteiger partial charge in [-0.05, 0) is 62.2 Å². The third-order valence-corrected chi connectivity index (χ3v) is 6.88. The summed E-state index contributed by atoms with van der Waals surface area (Å²) < 4.78 is 10.7. The van der Waals surface area contributed by atoms with Crippen molar-refractivity contribution in [3.8, 4) is 0 Å². The first kappa shape index (κ1) is 23.4. The van der Waals surface area contributed by atoms with E-state index in [-0.39, 0.29) is 34.7 Å². The molecule has 0 aromatic heterocycles. The number of ether oxygens (including phenoxy) is 2. The van der Waals surface area contributed by atoms with Crippen molar-refractivity contribution < 1.29 is 23.9 Å². The van der Waals surface area contributed by atoms with Crippen LogP contribution in [0, 0.1) is 16.7 Å². The van der Waals surface area contributed by atoms with E-state index >= 15 is 0 Å². The van der Waals surface area contributed by atoms with E-state index in [0.717, 1.165) is 43.3 Å². The molecule has 0 aromatic rings. The van der Waals surface area contributed by atoms with Gasteiger partial charge in [0, 0.05) is 24.7 Å². The molecule has 0 heterocycles. The summed E-state index contributed by atoms with van der Waals surface area (Å²) in [5.74, 6) is -0.0599. The fourth-order valence-electron chi connectivity index (χ4n) is 5.07. The van der Waals surface area contributed by atoms with Crippen LogP contribution in [0.25, 0.3) is 0 Å². The first-order valence-electron chi connectivity index (χ1n) is 10.7. The molecule has 2 rings (SSSR count). The monoisotopic (exact) mass is 404 g/mol. The second-order valence-corrected chi connectivity index (χ2v) is 9.49. The van der Waals surface area contributed by atoms with Crippen molar-refractivity contribution in [1.82, 2.24) is 0 Å². The first-order valence-corrected chi connectivity index (χ1v) is 10.7. The van der Waals surface area contributed by atoms with Crippen LogP contribution in [-0.2, 0) is 23.9 Å². The molecule has 0 aromatic carbocycles. The Morgan fingerprint density at radius 3 is 2.41 bits per heavy atom. The molecule has 0 saturated heterocycles. The lowest BCUT2D eigenvalue weighted by atomic mass is 9.53. The van der Waals surface area contributed by atoms with E-state index in [1.165, 1.54) is 19.4 Å². The van der Waals surface area contributed by atoms with Gasteiger partial charge in [0.05, 0.1) is 6.61 Å². The zero-order valence-corrected chi connectivity index (χ0v) is 19.0. The van der Waals surface area contributed by atoms with Crippen molar-refractivity contribution >= 4 is 17.7 Å². The van der Waals surface area contributed by atoms with Crippen LogP contribution >= 0.6 is 0 Å². The van der Waals surface area contributed by atoms with Crippen LogP contribution in [0.1, 0.15) is 80.6 Å². The van der Waals surface area contributed by atoms with Crippen molar-refractivity contribution in [2.24, 2.45) is 16.7 Å². The van der Waals surface area contributed by atoms with Crippen molar-refractivity contribution in [2.75, 3.05) is 6.61 Å². The number of hydrogen-bond acceptors (Lipinski definition) is 5. The van der Waals surface area contributed by atoms with Gasteiger partial charge in [-0.1, -0.05) is 33.3 Å². The molecule has 1 fully saturated rings. The first-order chi connectivity index (χ1) is 13.4. The molecule has 0 bridgehead atoms. The second kappa shape index (κ2) is 8.85. The normalized spacial score (nSPS) is 27.1. The second-order valence-electron chi connectivity index (χ2n) is 9.49. The SMILES string of the molecule is CC(=O)OCC[C@@H](C)CCC1=C(C)C(=O)C=C2C(C)(C)[C@@H](OC(C)=O)CC[C@@]21C. The van der Waals surface area contributed by atoms with Gasteiger partial charge >= 0.3 is 11.9 Å². The number of esters is 2. The molecule has 0 spiro atoms. The van der Waals surface area contributed by atoms with Crippen molar-refractivity contribution in [3.63, 3.8) is 0 Å². The van der Waals surface area contributed by atoms with Gasteiger partial charge in [-0.15, -0.1) is 0 Å². The summed E-state index contributed by atoms with van der Waals surface area (Å²) in [4.78, 5) is 35.3. The maximum absolute atomic E-state index is 12.8. The molecule has 162 valence electrons. The molecule has 0 N–H and O–H groups in total. The Hall–Kier alpha value is -1.91. The minimum atomic E-state index is -0.388. The molecule has 1 saturated carbocycles. The number of carbonyl (C=O) groups excluding carboxylic acids is 3. The summed E-state index contributed by atoms with van der Waals surface area (Å²) in [5, 5.41) is 0. The molecule has 3 atom stereocenters. The summed E-state index contributed by atoms with van der Waals surface area (Å²) in [7, 11) is 0. The average molecular weight is 405 g/mol. The third-order valence-electron chi connectivity index (χ3n) is 6.88. The maximum atomic E-state index is 12.8. The van der Waals surface area contributed by atoms with E-state index in [1.54, 1.807) is 6.08 Å². The smallest absolute Gasteiger partial charge is 0.302 e. The Balaban J connectivity index is 2.20. The molecule has 5 heteroatoms. The lowest BCUT2D eigenvalue weighted by Gasteiger charge is -2.52. The number of hydrogen-bond donors (Lipinski definition) is 0. The molecule has 0 unspecified atom stereocenters. The highest BCUT2D eigenvalue weighted by atomic mass is 16.5. The van der Waals surface area contributed by atoms with Crippen molar-refractivity contribution in [3.05, 3.63) is 22.8 Å². The molecule has 0 radical (unpaired) electrons. The maximum Gasteiger partial charge on any atom is 0.302 e. The number of rotatable bonds is 7. The largest absolute Gasteiger partial charge is 0.466 e. The summed E-state index contributed by atoms with van der Waals surface area (Å²) in [6, 6.07) is 0. The molecular weight excluding hydrogens is 368 g/mol. The van der Waals surface area contributed by atoms with E-state index in [4.69, 9.17) is 9.47 Å². The number of fused-ring (bicyclic) bond motifs is 1. The van der Waals surface area contributed by atoms with Gasteiger partial charge in [0.15, 0.2) is 5.78 Å². The van der Waals surface area contributed by atoms with E-state index in [2.05, 4.69) is 27.7 Å². The average Bonchev–Trinajstić information content (AvgIpc) is 2.59. The van der Waals surface area contributed by atoms with Gasteiger partial charge in [-0.3, -0.25) is 14.4 Å². The minimum Gasteiger partial charge on any atom is -0.466 e. The topological polar surface area (TPSA) is 69.7 Å². The molecule has 0 aliphatic heterocycles. The Morgan fingerprint density at radius 1 is 1.17 bits per heavy atom. The van der Waals surface area contributed by atoms with Gasteiger partial charge in [-0.25, -0.2) is 0 Å². The van der Waals surface area contributed by atoms with Gasteiger partial charge in [-0.2, -0.15) is 0 Å². The van der Waals surface area contributed by atoms with Gasteiger partial charge in [0.25, 0.3) is 0 Å². The highest BCUT2D eigenvalue weighted by molar-refractivity contribution is 6.06. The summed E-state index contributed by atoms with van der Waals surface area (Å²) in [6.45, 7) is 13.8. The van der Waals surface area contributed by atoms with Gasteiger partial charge < -0.3 is 9.47 Å². The Kier molecular flexibility index (Phi) is 7.13. The lowest BCUT2D eigenvalue weighted by Crippen LogP contribution is -2.48. The standard InChI is InChI=1S/C24H36O5/c1-15(11-13-28-17(3)25)8-9-19-16(2)20(27)14-21-23(5,6)22(29-18(4)26)10-12-24(19,21)7/h14-15,22H,8-13H2,1-7H3/t15-,22-,24+/m0/s1. The van der Waals surface area contributed by atoms with Crippen LogP contribution < -0.4 is 0 Å². The van der Waals surface area contributed by atoms with E-state index in [0.29, 0.717) is 12.5 Å². The predicted octanol–water partition coefficient (Wildman–Crippen LogP) is 4.94. The molecule has 2 aliphatic rings. The van der Waals surface area contributed by atoms with Crippen LogP contribution in [0.3, 0.4) is 0 Å². The van der Waals surface area contributed by atoms with E-state index in [9.17, 15) is 14.4 Å². The third kappa shape index (κ3) is 4.99. The Morgan fingerprint density at radius 2 is 1.83 bits per heavy atom. The lowest BCUT2D eigenvalue weighted by molar-refractivity contribution is -0.154. The highest BCUT2D eigenvalue weighted by Gasteiger charge is 2.52. The van der Waals surface area contributed by atoms with Crippen LogP contribution in [0.15, 0.2) is 22.8 Å². The summed E-state index contributed by atoms with van der Waals surface area (Å²) in [5.41, 5.74) is 2.58. The zero-order chi connectivity index (χ0) is 22.0. The summed E-state index contributed by atoms with van der Waals surface area (Å²) >= 11 is 0. The highest BCUT2D eigenvalue weighted by Crippen LogP contribution is 2.58. The Labute approximate surface area is 174 Å². The van der Waals surface area contributed by atoms with Crippen LogP contribution in [0.5, 0.6) is 0 Å². The molecule has 2 aliphatic carbocycles. The van der Waals surface area contributed by atoms with Crippen LogP contribution in [0.2, 0.25) is 0 Å². The van der Waals surface area contributed by atoms with Gasteiger partial charge in [0.1, 0.15) is 6.10 Å². The predicted molar refractivity (Wildman–Crippen MR) is 112 cm³/mol. The van der Waals surface area contributed by atoms with Crippen molar-refractivity contribution in [2.45, 2.75) is 86.7 Å². The zero-order valence-electron chi connectivity index (χ0n) is 19.0. The van der Waals surface area contributed by atoms with E-state index < -0.39 is 0 Å². The molecular formula is C24H36O5. The summed E-state index contributed by atoms with van der Waals surface area (Å²) in [6.07, 6.45) is 5.83. The number of ketones is 1. The van der Waals surface area contributed by atoms with Crippen LogP contribution in [-0.4, -0.2) is 30.4 Å². The Bertz CT molecular complexity index is 742. The van der Waals surface area contributed by atoms with Gasteiger partial charge in [0.2, 0.25) is 0 Å². The van der Waals surface area contributed by atoms with Crippen LogP contribution in [0.4, 0.5) is 0 Å². The molecule has 29 heavy (non-hydrogen) atoms. The van der Waals surface area contributed by atoms with Crippen molar-refractivity contribution in [1.29, 1.82) is 0 Å². The number of allylic oxidation sites excluding steroid dienone is 3.